The number of likely N-dealkylation sites (tertiary alicyclic amines) is 1. The van der Waals surface area contributed by atoms with Crippen LogP contribution in [0.3, 0.4) is 0 Å². The number of anilines is 1. The molecule has 3 aromatic carbocycles. The lowest BCUT2D eigenvalue weighted by Gasteiger charge is -2.37. The van der Waals surface area contributed by atoms with E-state index in [1.165, 1.54) is 30.3 Å². The van der Waals surface area contributed by atoms with Gasteiger partial charge in [-0.1, -0.05) is 18.2 Å². The van der Waals surface area contributed by atoms with E-state index >= 15 is 0 Å². The van der Waals surface area contributed by atoms with Gasteiger partial charge in [0.2, 0.25) is 0 Å². The predicted octanol–water partition coefficient (Wildman–Crippen LogP) is 4.78. The number of amides is 1. The molecule has 2 heterocycles. The van der Waals surface area contributed by atoms with Gasteiger partial charge in [-0.05, 0) is 66.1 Å². The van der Waals surface area contributed by atoms with Gasteiger partial charge >= 0.3 is 0 Å². The second-order valence-electron chi connectivity index (χ2n) is 9.41. The summed E-state index contributed by atoms with van der Waals surface area (Å²) in [7, 11) is 0. The standard InChI is InChI=1S/C28H28F3N3O/c29-23-7-9-26(10-8-23)33-13-11-32(12-14-33)17-22-18-34(28(35)21-4-2-6-25(31)16-21)19-27(22)20-3-1-5-24(30)15-20/h1-10,15-16,22,27H,11-14,17-19H2/t22-,27-/m0/s1. The molecule has 35 heavy (non-hydrogen) atoms. The van der Waals surface area contributed by atoms with Gasteiger partial charge in [-0.15, -0.1) is 0 Å². The highest BCUT2D eigenvalue weighted by Crippen LogP contribution is 2.35. The van der Waals surface area contributed by atoms with Crippen LogP contribution in [-0.2, 0) is 0 Å². The third-order valence-corrected chi connectivity index (χ3v) is 7.13. The first-order chi connectivity index (χ1) is 17.0. The zero-order valence-electron chi connectivity index (χ0n) is 19.4. The lowest BCUT2D eigenvalue weighted by atomic mass is 9.88. The summed E-state index contributed by atoms with van der Waals surface area (Å²) in [5, 5.41) is 0. The summed E-state index contributed by atoms with van der Waals surface area (Å²) in [6.45, 7) is 5.14. The summed E-state index contributed by atoms with van der Waals surface area (Å²) in [5.41, 5.74) is 2.22. The van der Waals surface area contributed by atoms with Crippen molar-refractivity contribution in [2.24, 2.45) is 5.92 Å². The molecule has 3 aromatic rings. The Morgan fingerprint density at radius 3 is 2.14 bits per heavy atom. The summed E-state index contributed by atoms with van der Waals surface area (Å²) in [4.78, 5) is 19.5. The smallest absolute Gasteiger partial charge is 0.253 e. The lowest BCUT2D eigenvalue weighted by molar-refractivity contribution is 0.0782. The molecule has 2 saturated heterocycles. The molecule has 0 bridgehead atoms. The second-order valence-corrected chi connectivity index (χ2v) is 9.41. The minimum atomic E-state index is -0.438. The Hall–Kier alpha value is -3.32. The average Bonchev–Trinajstić information content (AvgIpc) is 3.28. The third-order valence-electron chi connectivity index (χ3n) is 7.13. The molecule has 2 aliphatic rings. The molecule has 0 aromatic heterocycles. The molecule has 0 aliphatic carbocycles. The van der Waals surface area contributed by atoms with Crippen LogP contribution in [0.5, 0.6) is 0 Å². The Labute approximate surface area is 203 Å². The molecule has 2 atom stereocenters. The molecule has 1 amide bonds. The van der Waals surface area contributed by atoms with Gasteiger partial charge in [0.1, 0.15) is 17.5 Å². The van der Waals surface area contributed by atoms with Crippen molar-refractivity contribution in [2.75, 3.05) is 50.7 Å². The van der Waals surface area contributed by atoms with Crippen LogP contribution in [0.4, 0.5) is 18.9 Å². The maximum absolute atomic E-state index is 14.0. The van der Waals surface area contributed by atoms with Gasteiger partial charge in [-0.2, -0.15) is 0 Å². The first kappa shape index (κ1) is 23.4. The summed E-state index contributed by atoms with van der Waals surface area (Å²) >= 11 is 0. The van der Waals surface area contributed by atoms with Crippen molar-refractivity contribution < 1.29 is 18.0 Å². The van der Waals surface area contributed by atoms with Crippen molar-refractivity contribution in [3.8, 4) is 0 Å². The first-order valence-electron chi connectivity index (χ1n) is 12.0. The molecular weight excluding hydrogens is 451 g/mol. The molecule has 4 nitrogen and oxygen atoms in total. The number of carbonyl (C=O) groups is 1. The molecule has 0 saturated carbocycles. The molecule has 0 radical (unpaired) electrons. The molecular formula is C28H28F3N3O. The fourth-order valence-corrected chi connectivity index (χ4v) is 5.31. The maximum Gasteiger partial charge on any atom is 0.253 e. The highest BCUT2D eigenvalue weighted by Gasteiger charge is 2.38. The van der Waals surface area contributed by atoms with E-state index in [2.05, 4.69) is 9.80 Å². The van der Waals surface area contributed by atoms with Crippen molar-refractivity contribution in [3.63, 3.8) is 0 Å². The number of hydrogen-bond donors (Lipinski definition) is 0. The second kappa shape index (κ2) is 10.1. The Morgan fingerprint density at radius 2 is 1.46 bits per heavy atom. The zero-order chi connectivity index (χ0) is 24.4. The van der Waals surface area contributed by atoms with Gasteiger partial charge in [0, 0.05) is 63.0 Å². The highest BCUT2D eigenvalue weighted by molar-refractivity contribution is 5.94. The van der Waals surface area contributed by atoms with E-state index in [9.17, 15) is 18.0 Å². The van der Waals surface area contributed by atoms with Crippen molar-refractivity contribution in [1.29, 1.82) is 0 Å². The minimum absolute atomic E-state index is 0.00154. The number of nitrogens with zero attached hydrogens (tertiary/aromatic N) is 3. The van der Waals surface area contributed by atoms with Crippen LogP contribution >= 0.6 is 0 Å². The number of benzene rings is 3. The maximum atomic E-state index is 14.0. The van der Waals surface area contributed by atoms with Gasteiger partial charge in [0.05, 0.1) is 0 Å². The van der Waals surface area contributed by atoms with Crippen LogP contribution in [0, 0.1) is 23.4 Å². The normalized spacial score (nSPS) is 20.9. The predicted molar refractivity (Wildman–Crippen MR) is 130 cm³/mol. The van der Waals surface area contributed by atoms with Gasteiger partial charge in [-0.3, -0.25) is 9.69 Å². The molecule has 0 spiro atoms. The summed E-state index contributed by atoms with van der Waals surface area (Å²) in [5.74, 6) is -1.04. The van der Waals surface area contributed by atoms with Crippen LogP contribution in [0.25, 0.3) is 0 Å². The molecule has 182 valence electrons. The molecule has 5 rings (SSSR count). The Balaban J connectivity index is 1.29. The van der Waals surface area contributed by atoms with E-state index in [0.29, 0.717) is 18.7 Å². The van der Waals surface area contributed by atoms with E-state index in [-0.39, 0.29) is 29.4 Å². The quantitative estimate of drug-likeness (QED) is 0.527. The van der Waals surface area contributed by atoms with E-state index in [0.717, 1.165) is 44.0 Å². The van der Waals surface area contributed by atoms with Crippen LogP contribution in [0.2, 0.25) is 0 Å². The number of hydrogen-bond acceptors (Lipinski definition) is 3. The van der Waals surface area contributed by atoms with E-state index in [1.807, 2.05) is 6.07 Å². The Morgan fingerprint density at radius 1 is 0.771 bits per heavy atom. The van der Waals surface area contributed by atoms with Crippen LogP contribution in [0.15, 0.2) is 72.8 Å². The molecule has 0 N–H and O–H groups in total. The molecule has 2 fully saturated rings. The van der Waals surface area contributed by atoms with Gasteiger partial charge in [0.25, 0.3) is 5.91 Å². The van der Waals surface area contributed by atoms with Crippen molar-refractivity contribution in [2.45, 2.75) is 5.92 Å². The number of halogens is 3. The molecule has 7 heteroatoms. The number of carbonyl (C=O) groups excluding carboxylic acids is 1. The fourth-order valence-electron chi connectivity index (χ4n) is 5.31. The Bertz CT molecular complexity index is 1180. The zero-order valence-corrected chi connectivity index (χ0v) is 19.4. The van der Waals surface area contributed by atoms with E-state index < -0.39 is 5.82 Å². The molecule has 2 aliphatic heterocycles. The highest BCUT2D eigenvalue weighted by atomic mass is 19.1. The van der Waals surface area contributed by atoms with Crippen molar-refractivity contribution >= 4 is 11.6 Å². The largest absolute Gasteiger partial charge is 0.369 e. The van der Waals surface area contributed by atoms with E-state index in [1.54, 1.807) is 41.3 Å². The summed E-state index contributed by atoms with van der Waals surface area (Å²) in [6, 6.07) is 18.9. The monoisotopic (exact) mass is 479 g/mol. The topological polar surface area (TPSA) is 26.8 Å². The molecule has 0 unspecified atom stereocenters. The first-order valence-corrected chi connectivity index (χ1v) is 12.0. The van der Waals surface area contributed by atoms with Crippen LogP contribution in [-0.4, -0.2) is 61.5 Å². The number of piperazine rings is 1. The summed E-state index contributed by atoms with van der Waals surface area (Å²) < 4.78 is 41.0. The van der Waals surface area contributed by atoms with Crippen LogP contribution < -0.4 is 4.90 Å². The van der Waals surface area contributed by atoms with Gasteiger partial charge in [-0.25, -0.2) is 13.2 Å². The average molecular weight is 480 g/mol. The number of rotatable bonds is 5. The van der Waals surface area contributed by atoms with E-state index in [4.69, 9.17) is 0 Å². The van der Waals surface area contributed by atoms with Crippen LogP contribution in [0.1, 0.15) is 21.8 Å². The van der Waals surface area contributed by atoms with Crippen molar-refractivity contribution in [1.82, 2.24) is 9.80 Å². The van der Waals surface area contributed by atoms with Gasteiger partial charge in [0.15, 0.2) is 0 Å². The minimum Gasteiger partial charge on any atom is -0.369 e. The third kappa shape index (κ3) is 5.35. The fraction of sp³-hybridized carbons (Fsp3) is 0.321. The Kier molecular flexibility index (Phi) is 6.77. The van der Waals surface area contributed by atoms with Gasteiger partial charge < -0.3 is 9.80 Å². The SMILES string of the molecule is O=C(c1cccc(F)c1)N1C[C@H](CN2CCN(c3ccc(F)cc3)CC2)[C@H](c2cccc(F)c2)C1. The van der Waals surface area contributed by atoms with Crippen molar-refractivity contribution in [3.05, 3.63) is 101 Å². The lowest BCUT2D eigenvalue weighted by Crippen LogP contribution is -2.48. The summed E-state index contributed by atoms with van der Waals surface area (Å²) in [6.07, 6.45) is 0.